The van der Waals surface area contributed by atoms with Crippen molar-refractivity contribution in [2.45, 2.75) is 12.3 Å². The summed E-state index contributed by atoms with van der Waals surface area (Å²) in [5.74, 6) is -1.04. The van der Waals surface area contributed by atoms with Crippen LogP contribution in [0, 0.1) is 0 Å². The summed E-state index contributed by atoms with van der Waals surface area (Å²) in [6, 6.07) is 14.4. The molecule has 3 aromatic carbocycles. The summed E-state index contributed by atoms with van der Waals surface area (Å²) in [6.45, 7) is 0. The van der Waals surface area contributed by atoms with E-state index >= 15 is 0 Å². The lowest BCUT2D eigenvalue weighted by atomic mass is 9.85. The van der Waals surface area contributed by atoms with Crippen molar-refractivity contribution >= 4 is 28.5 Å². The van der Waals surface area contributed by atoms with Gasteiger partial charge in [-0.05, 0) is 35.4 Å². The molecule has 7 heteroatoms. The minimum Gasteiger partial charge on any atom is -0.508 e. The summed E-state index contributed by atoms with van der Waals surface area (Å²) in [6.07, 6.45) is 1.36. The number of hydrogen-bond donors (Lipinski definition) is 2. The van der Waals surface area contributed by atoms with Crippen LogP contribution in [0.4, 0.5) is 0 Å². The van der Waals surface area contributed by atoms with Gasteiger partial charge >= 0.3 is 5.97 Å². The monoisotopic (exact) mass is 434 g/mol. The van der Waals surface area contributed by atoms with Gasteiger partial charge in [0, 0.05) is 22.6 Å². The lowest BCUT2D eigenvalue weighted by Crippen LogP contribution is -2.22. The van der Waals surface area contributed by atoms with Gasteiger partial charge in [0.1, 0.15) is 34.5 Å². The molecule has 1 aromatic heterocycles. The molecule has 31 heavy (non-hydrogen) atoms. The Bertz CT molecular complexity index is 1390. The zero-order valence-corrected chi connectivity index (χ0v) is 16.7. The molecule has 2 N–H and O–H groups in total. The van der Waals surface area contributed by atoms with Crippen LogP contribution in [0.1, 0.15) is 23.5 Å². The summed E-state index contributed by atoms with van der Waals surface area (Å²) in [5.41, 5.74) is 1.85. The van der Waals surface area contributed by atoms with E-state index in [0.29, 0.717) is 16.1 Å². The van der Waals surface area contributed by atoms with Crippen LogP contribution < -0.4 is 10.2 Å². The molecule has 1 aliphatic rings. The highest BCUT2D eigenvalue weighted by Crippen LogP contribution is 2.45. The fraction of sp³-hybridized carbons (Fsp3) is 0.0833. The highest BCUT2D eigenvalue weighted by molar-refractivity contribution is 6.30. The fourth-order valence-corrected chi connectivity index (χ4v) is 4.08. The Morgan fingerprint density at radius 2 is 1.68 bits per heavy atom. The van der Waals surface area contributed by atoms with E-state index in [1.807, 2.05) is 0 Å². The lowest BCUT2D eigenvalue weighted by Gasteiger charge is -2.26. The SMILES string of the molecule is O=C1CC(c2ccc(O)cc2)c2c(cc(O)c3c(=O)c(-c4ccc(Cl)cc4)coc23)O1. The van der Waals surface area contributed by atoms with Crippen molar-refractivity contribution in [3.05, 3.63) is 87.2 Å². The Morgan fingerprint density at radius 1 is 0.968 bits per heavy atom. The van der Waals surface area contributed by atoms with Crippen LogP contribution in [0.25, 0.3) is 22.1 Å². The van der Waals surface area contributed by atoms with Gasteiger partial charge in [-0.3, -0.25) is 9.59 Å². The van der Waals surface area contributed by atoms with Gasteiger partial charge in [0.2, 0.25) is 5.43 Å². The summed E-state index contributed by atoms with van der Waals surface area (Å²) >= 11 is 5.94. The number of phenols is 2. The van der Waals surface area contributed by atoms with Crippen molar-refractivity contribution in [3.8, 4) is 28.4 Å². The van der Waals surface area contributed by atoms with Crippen LogP contribution in [-0.4, -0.2) is 16.2 Å². The van der Waals surface area contributed by atoms with Crippen molar-refractivity contribution in [2.75, 3.05) is 0 Å². The third kappa shape index (κ3) is 3.21. The molecular weight excluding hydrogens is 420 g/mol. The summed E-state index contributed by atoms with van der Waals surface area (Å²) in [5, 5.41) is 20.7. The Hall–Kier alpha value is -3.77. The molecule has 2 heterocycles. The molecule has 1 unspecified atom stereocenters. The largest absolute Gasteiger partial charge is 0.508 e. The molecule has 0 aliphatic carbocycles. The number of phenolic OH excluding ortho intramolecular Hbond substituents is 2. The van der Waals surface area contributed by atoms with Crippen molar-refractivity contribution < 1.29 is 24.2 Å². The Balaban J connectivity index is 1.77. The third-order valence-electron chi connectivity index (χ3n) is 5.42. The van der Waals surface area contributed by atoms with Crippen molar-refractivity contribution in [2.24, 2.45) is 0 Å². The van der Waals surface area contributed by atoms with Gasteiger partial charge in [-0.25, -0.2) is 0 Å². The van der Waals surface area contributed by atoms with Crippen LogP contribution in [0.5, 0.6) is 17.2 Å². The predicted molar refractivity (Wildman–Crippen MR) is 115 cm³/mol. The van der Waals surface area contributed by atoms with Gasteiger partial charge in [0.05, 0.1) is 12.0 Å². The molecule has 0 radical (unpaired) electrons. The second-order valence-corrected chi connectivity index (χ2v) is 7.76. The van der Waals surface area contributed by atoms with Gasteiger partial charge in [-0.1, -0.05) is 35.9 Å². The first-order valence-electron chi connectivity index (χ1n) is 9.49. The normalized spacial score (nSPS) is 15.5. The maximum atomic E-state index is 13.3. The van der Waals surface area contributed by atoms with Crippen LogP contribution in [-0.2, 0) is 4.79 Å². The number of hydrogen-bond acceptors (Lipinski definition) is 6. The zero-order valence-electron chi connectivity index (χ0n) is 16.0. The van der Waals surface area contributed by atoms with Crippen LogP contribution in [0.2, 0.25) is 5.02 Å². The average molecular weight is 435 g/mol. The van der Waals surface area contributed by atoms with Crippen LogP contribution in [0.3, 0.4) is 0 Å². The molecule has 1 atom stereocenters. The first kappa shape index (κ1) is 19.2. The molecule has 5 rings (SSSR count). The number of esters is 1. The maximum Gasteiger partial charge on any atom is 0.312 e. The number of rotatable bonds is 2. The second kappa shape index (κ2) is 7.18. The first-order valence-corrected chi connectivity index (χ1v) is 9.87. The van der Waals surface area contributed by atoms with E-state index < -0.39 is 17.3 Å². The molecule has 0 saturated carbocycles. The Labute approximate surface area is 180 Å². The molecule has 0 saturated heterocycles. The van der Waals surface area contributed by atoms with Crippen molar-refractivity contribution in [1.82, 2.24) is 0 Å². The highest BCUT2D eigenvalue weighted by atomic mass is 35.5. The zero-order chi connectivity index (χ0) is 21.7. The minimum atomic E-state index is -0.468. The molecule has 1 aliphatic heterocycles. The van der Waals surface area contributed by atoms with Gasteiger partial charge in [0.25, 0.3) is 0 Å². The van der Waals surface area contributed by atoms with Gasteiger partial charge in [0.15, 0.2) is 0 Å². The van der Waals surface area contributed by atoms with Crippen molar-refractivity contribution in [1.29, 1.82) is 0 Å². The predicted octanol–water partition coefficient (Wildman–Crippen LogP) is 4.97. The third-order valence-corrected chi connectivity index (χ3v) is 5.67. The second-order valence-electron chi connectivity index (χ2n) is 7.32. The molecular formula is C24H15ClO6. The fourth-order valence-electron chi connectivity index (χ4n) is 3.95. The number of benzene rings is 3. The maximum absolute atomic E-state index is 13.3. The van der Waals surface area contributed by atoms with E-state index in [9.17, 15) is 19.8 Å². The summed E-state index contributed by atoms with van der Waals surface area (Å²) < 4.78 is 11.2. The standard InChI is InChI=1S/C24H15ClO6/c25-14-5-1-13(2-6-14)17-11-30-24-21-16(12-3-7-15(26)8-4-12)9-20(28)31-19(21)10-18(27)22(24)23(17)29/h1-8,10-11,16,26-27H,9H2. The summed E-state index contributed by atoms with van der Waals surface area (Å²) in [4.78, 5) is 25.5. The van der Waals surface area contributed by atoms with E-state index in [1.54, 1.807) is 36.4 Å². The van der Waals surface area contributed by atoms with Crippen LogP contribution in [0.15, 0.2) is 70.1 Å². The smallest absolute Gasteiger partial charge is 0.312 e. The number of ether oxygens (including phenoxy) is 1. The topological polar surface area (TPSA) is 97.0 Å². The number of fused-ring (bicyclic) bond motifs is 3. The molecule has 0 bridgehead atoms. The number of halogens is 1. The number of aromatic hydroxyl groups is 2. The van der Waals surface area contributed by atoms with E-state index in [0.717, 1.165) is 5.56 Å². The van der Waals surface area contributed by atoms with E-state index in [2.05, 4.69) is 0 Å². The van der Waals surface area contributed by atoms with E-state index in [4.69, 9.17) is 20.8 Å². The molecule has 154 valence electrons. The van der Waals surface area contributed by atoms with E-state index in [-0.39, 0.29) is 40.2 Å². The Morgan fingerprint density at radius 3 is 2.39 bits per heavy atom. The first-order chi connectivity index (χ1) is 14.9. The molecule has 6 nitrogen and oxygen atoms in total. The van der Waals surface area contributed by atoms with Gasteiger partial charge in [-0.2, -0.15) is 0 Å². The number of carbonyl (C=O) groups excluding carboxylic acids is 1. The quantitative estimate of drug-likeness (QED) is 0.341. The lowest BCUT2D eigenvalue weighted by molar-refractivity contribution is -0.135. The average Bonchev–Trinajstić information content (AvgIpc) is 2.74. The molecule has 0 spiro atoms. The molecule has 4 aromatic rings. The van der Waals surface area contributed by atoms with Crippen molar-refractivity contribution in [3.63, 3.8) is 0 Å². The van der Waals surface area contributed by atoms with Gasteiger partial charge in [-0.15, -0.1) is 0 Å². The van der Waals surface area contributed by atoms with Gasteiger partial charge < -0.3 is 19.4 Å². The highest BCUT2D eigenvalue weighted by Gasteiger charge is 2.33. The Kier molecular flexibility index (Phi) is 4.45. The molecule has 0 fully saturated rings. The summed E-state index contributed by atoms with van der Waals surface area (Å²) in [7, 11) is 0. The van der Waals surface area contributed by atoms with Crippen LogP contribution >= 0.6 is 11.6 Å². The van der Waals surface area contributed by atoms with E-state index in [1.165, 1.54) is 24.5 Å². The number of carbonyl (C=O) groups is 1. The molecule has 0 amide bonds. The minimum absolute atomic E-state index is 0.00734.